The van der Waals surface area contributed by atoms with Crippen LogP contribution in [0.4, 0.5) is 0 Å². The Morgan fingerprint density at radius 2 is 1.95 bits per heavy atom. The summed E-state index contributed by atoms with van der Waals surface area (Å²) in [7, 11) is 0. The molecule has 0 amide bonds. The molecule has 106 valence electrons. The average Bonchev–Trinajstić information content (AvgIpc) is 2.42. The van der Waals surface area contributed by atoms with E-state index in [4.69, 9.17) is 0 Å². The molecule has 0 bridgehead atoms. The van der Waals surface area contributed by atoms with Crippen molar-refractivity contribution < 1.29 is 10.0 Å². The Balaban J connectivity index is 2.13. The lowest BCUT2D eigenvalue weighted by Crippen LogP contribution is -3.17. The Labute approximate surface area is 117 Å². The molecule has 19 heavy (non-hydrogen) atoms. The van der Waals surface area contributed by atoms with Gasteiger partial charge in [-0.1, -0.05) is 50.6 Å². The van der Waals surface area contributed by atoms with Crippen LogP contribution in [-0.4, -0.2) is 24.2 Å². The molecule has 0 spiro atoms. The lowest BCUT2D eigenvalue weighted by atomic mass is 9.74. The van der Waals surface area contributed by atoms with Crippen LogP contribution in [0.25, 0.3) is 0 Å². The first-order valence-corrected chi connectivity index (χ1v) is 7.70. The standard InChI is InChI=1S/C17H27NO/c1-4-5-11-18-13-14(2)17(19,12-15(18)3)16-9-7-6-8-10-16/h6-10,14-15,19H,4-5,11-13H2,1-3H3/p+1/t14-,15-,17-/m0/s1. The third-order valence-corrected chi connectivity index (χ3v) is 4.82. The molecule has 2 N–H and O–H groups in total. The van der Waals surface area contributed by atoms with Crippen LogP contribution in [0.3, 0.4) is 0 Å². The summed E-state index contributed by atoms with van der Waals surface area (Å²) in [4.78, 5) is 1.66. The maximum absolute atomic E-state index is 11.1. The van der Waals surface area contributed by atoms with Crippen molar-refractivity contribution in [1.29, 1.82) is 0 Å². The molecule has 0 saturated carbocycles. The Morgan fingerprint density at radius 3 is 2.58 bits per heavy atom. The molecule has 1 aliphatic rings. The molecule has 1 fully saturated rings. The molecule has 1 aromatic rings. The second kappa shape index (κ2) is 6.06. The summed E-state index contributed by atoms with van der Waals surface area (Å²) in [5.41, 5.74) is 0.444. The lowest BCUT2D eigenvalue weighted by Gasteiger charge is -2.45. The van der Waals surface area contributed by atoms with E-state index in [1.165, 1.54) is 19.4 Å². The highest BCUT2D eigenvalue weighted by Gasteiger charge is 2.45. The van der Waals surface area contributed by atoms with E-state index in [0.29, 0.717) is 12.0 Å². The van der Waals surface area contributed by atoms with Crippen LogP contribution < -0.4 is 4.90 Å². The highest BCUT2D eigenvalue weighted by molar-refractivity contribution is 5.23. The average molecular weight is 262 g/mol. The van der Waals surface area contributed by atoms with Gasteiger partial charge in [0.2, 0.25) is 0 Å². The van der Waals surface area contributed by atoms with Gasteiger partial charge in [0.25, 0.3) is 0 Å². The summed E-state index contributed by atoms with van der Waals surface area (Å²) in [6.45, 7) is 9.05. The molecular formula is C17H28NO+. The van der Waals surface area contributed by atoms with E-state index in [2.05, 4.69) is 32.9 Å². The van der Waals surface area contributed by atoms with Gasteiger partial charge in [0, 0.05) is 12.3 Å². The van der Waals surface area contributed by atoms with Gasteiger partial charge in [-0.15, -0.1) is 0 Å². The lowest BCUT2D eigenvalue weighted by molar-refractivity contribution is -0.935. The van der Waals surface area contributed by atoms with Crippen LogP contribution in [0.5, 0.6) is 0 Å². The zero-order valence-electron chi connectivity index (χ0n) is 12.5. The quantitative estimate of drug-likeness (QED) is 0.852. The van der Waals surface area contributed by atoms with Crippen molar-refractivity contribution >= 4 is 0 Å². The van der Waals surface area contributed by atoms with E-state index >= 15 is 0 Å². The Bertz CT molecular complexity index is 392. The topological polar surface area (TPSA) is 24.7 Å². The Hall–Kier alpha value is -0.860. The monoisotopic (exact) mass is 262 g/mol. The first kappa shape index (κ1) is 14.5. The number of benzene rings is 1. The van der Waals surface area contributed by atoms with Gasteiger partial charge in [-0.05, 0) is 18.9 Å². The predicted molar refractivity (Wildman–Crippen MR) is 79.2 cm³/mol. The molecule has 1 heterocycles. The zero-order chi connectivity index (χ0) is 13.9. The van der Waals surface area contributed by atoms with E-state index < -0.39 is 5.60 Å². The van der Waals surface area contributed by atoms with Crippen LogP contribution in [-0.2, 0) is 5.60 Å². The van der Waals surface area contributed by atoms with Gasteiger partial charge in [-0.3, -0.25) is 0 Å². The van der Waals surface area contributed by atoms with E-state index in [1.807, 2.05) is 18.2 Å². The second-order valence-corrected chi connectivity index (χ2v) is 6.26. The molecule has 2 nitrogen and oxygen atoms in total. The molecule has 1 aliphatic heterocycles. The van der Waals surface area contributed by atoms with E-state index in [9.17, 15) is 5.11 Å². The minimum absolute atomic E-state index is 0.318. The maximum Gasteiger partial charge on any atom is 0.103 e. The van der Waals surface area contributed by atoms with Gasteiger partial charge in [0.05, 0.1) is 19.1 Å². The van der Waals surface area contributed by atoms with Crippen LogP contribution in [0.15, 0.2) is 30.3 Å². The number of rotatable bonds is 4. The Kier molecular flexibility index (Phi) is 4.64. The van der Waals surface area contributed by atoms with Crippen molar-refractivity contribution in [2.24, 2.45) is 5.92 Å². The Morgan fingerprint density at radius 1 is 1.26 bits per heavy atom. The van der Waals surface area contributed by atoms with Crippen LogP contribution in [0, 0.1) is 5.92 Å². The summed E-state index contributed by atoms with van der Waals surface area (Å²) >= 11 is 0. The molecule has 1 aromatic carbocycles. The summed E-state index contributed by atoms with van der Waals surface area (Å²) in [5.74, 6) is 0.318. The fraction of sp³-hybridized carbons (Fsp3) is 0.647. The summed E-state index contributed by atoms with van der Waals surface area (Å²) in [6, 6.07) is 10.7. The van der Waals surface area contributed by atoms with Crippen molar-refractivity contribution in [3.8, 4) is 0 Å². The maximum atomic E-state index is 11.1. The van der Waals surface area contributed by atoms with E-state index in [1.54, 1.807) is 4.90 Å². The van der Waals surface area contributed by atoms with Crippen LogP contribution in [0.2, 0.25) is 0 Å². The van der Waals surface area contributed by atoms with Gasteiger partial charge in [0.1, 0.15) is 5.60 Å². The summed E-state index contributed by atoms with van der Waals surface area (Å²) in [5, 5.41) is 11.1. The third-order valence-electron chi connectivity index (χ3n) is 4.82. The summed E-state index contributed by atoms with van der Waals surface area (Å²) < 4.78 is 0. The van der Waals surface area contributed by atoms with E-state index in [-0.39, 0.29) is 0 Å². The molecule has 4 atom stereocenters. The van der Waals surface area contributed by atoms with Crippen molar-refractivity contribution in [2.45, 2.75) is 51.7 Å². The van der Waals surface area contributed by atoms with Crippen molar-refractivity contribution in [2.75, 3.05) is 13.1 Å². The number of aliphatic hydroxyl groups is 1. The molecular weight excluding hydrogens is 234 g/mol. The highest BCUT2D eigenvalue weighted by Crippen LogP contribution is 2.35. The van der Waals surface area contributed by atoms with Crippen molar-refractivity contribution in [3.05, 3.63) is 35.9 Å². The minimum atomic E-state index is -0.642. The van der Waals surface area contributed by atoms with Crippen molar-refractivity contribution in [3.63, 3.8) is 0 Å². The first-order chi connectivity index (χ1) is 9.08. The fourth-order valence-corrected chi connectivity index (χ4v) is 3.46. The normalized spacial score (nSPS) is 35.3. The molecule has 1 unspecified atom stereocenters. The smallest absolute Gasteiger partial charge is 0.103 e. The van der Waals surface area contributed by atoms with E-state index in [0.717, 1.165) is 18.5 Å². The van der Waals surface area contributed by atoms with Gasteiger partial charge in [-0.25, -0.2) is 0 Å². The van der Waals surface area contributed by atoms with Gasteiger partial charge < -0.3 is 10.0 Å². The molecule has 0 radical (unpaired) electrons. The molecule has 1 saturated heterocycles. The SMILES string of the molecule is CCCC[NH+]1C[C@H](C)[C@](O)(c2ccccc2)C[C@@H]1C. The first-order valence-electron chi connectivity index (χ1n) is 7.70. The van der Waals surface area contributed by atoms with Crippen LogP contribution in [0.1, 0.15) is 45.6 Å². The second-order valence-electron chi connectivity index (χ2n) is 6.26. The van der Waals surface area contributed by atoms with Gasteiger partial charge in [0.15, 0.2) is 0 Å². The van der Waals surface area contributed by atoms with Gasteiger partial charge >= 0.3 is 0 Å². The number of unbranched alkanes of at least 4 members (excludes halogenated alkanes) is 1. The number of quaternary nitrogens is 1. The fourth-order valence-electron chi connectivity index (χ4n) is 3.46. The van der Waals surface area contributed by atoms with Gasteiger partial charge in [-0.2, -0.15) is 0 Å². The third kappa shape index (κ3) is 3.01. The number of piperidine rings is 1. The minimum Gasteiger partial charge on any atom is -0.384 e. The van der Waals surface area contributed by atoms with Crippen molar-refractivity contribution in [1.82, 2.24) is 0 Å². The number of hydrogen-bond donors (Lipinski definition) is 2. The molecule has 2 rings (SSSR count). The van der Waals surface area contributed by atoms with Crippen LogP contribution >= 0.6 is 0 Å². The number of likely N-dealkylation sites (tertiary alicyclic amines) is 1. The number of hydrogen-bond acceptors (Lipinski definition) is 1. The summed E-state index contributed by atoms with van der Waals surface area (Å²) in [6.07, 6.45) is 3.42. The highest BCUT2D eigenvalue weighted by atomic mass is 16.3. The number of nitrogens with one attached hydrogen (secondary N) is 1. The molecule has 0 aliphatic carbocycles. The predicted octanol–water partition coefficient (Wildman–Crippen LogP) is 1.99. The zero-order valence-corrected chi connectivity index (χ0v) is 12.5. The molecule has 2 heteroatoms. The largest absolute Gasteiger partial charge is 0.384 e. The molecule has 0 aromatic heterocycles.